The fraction of sp³-hybridized carbons (Fsp3) is 0.310. The molecule has 0 saturated carbocycles. The maximum atomic E-state index is 13.7. The molecule has 1 amide bonds. The fourth-order valence-corrected chi connectivity index (χ4v) is 5.88. The maximum Gasteiger partial charge on any atom is 0.273 e. The number of ether oxygens (including phenoxy) is 1. The molecule has 0 aliphatic carbocycles. The van der Waals surface area contributed by atoms with Crippen LogP contribution in [-0.4, -0.2) is 68.1 Å². The first-order valence-electron chi connectivity index (χ1n) is 12.7. The first-order valence-corrected chi connectivity index (χ1v) is 13.1. The number of imidazole rings is 1. The van der Waals surface area contributed by atoms with Crippen LogP contribution < -0.4 is 4.74 Å². The number of aryl methyl sites for hydroxylation is 1. The molecule has 2 fully saturated rings. The number of methoxy groups -OCH3 is 1. The van der Waals surface area contributed by atoms with Crippen molar-refractivity contribution >= 4 is 28.9 Å². The number of pyridine rings is 2. The number of piperidine rings is 1. The number of hydrogen-bond acceptors (Lipinski definition) is 6. The first-order chi connectivity index (χ1) is 18.4. The molecule has 8 nitrogen and oxygen atoms in total. The monoisotopic (exact) mass is 529 g/mol. The summed E-state index contributed by atoms with van der Waals surface area (Å²) in [5.41, 5.74) is 5.02. The lowest BCUT2D eigenvalue weighted by Gasteiger charge is -2.49. The molecule has 4 aromatic rings. The molecular formula is C29H28ClN5O3. The molecule has 2 bridgehead atoms. The van der Waals surface area contributed by atoms with Crippen LogP contribution in [0.3, 0.4) is 0 Å². The van der Waals surface area contributed by atoms with Gasteiger partial charge in [-0.2, -0.15) is 0 Å². The third-order valence-electron chi connectivity index (χ3n) is 7.49. The van der Waals surface area contributed by atoms with Gasteiger partial charge in [-0.25, -0.2) is 9.97 Å². The van der Waals surface area contributed by atoms with Crippen molar-refractivity contribution in [1.29, 1.82) is 0 Å². The van der Waals surface area contributed by atoms with E-state index in [4.69, 9.17) is 21.3 Å². The third kappa shape index (κ3) is 4.44. The van der Waals surface area contributed by atoms with Crippen LogP contribution in [0.4, 0.5) is 0 Å². The number of amides is 1. The van der Waals surface area contributed by atoms with Gasteiger partial charge in [0, 0.05) is 55.3 Å². The second-order valence-electron chi connectivity index (χ2n) is 10.0. The van der Waals surface area contributed by atoms with Gasteiger partial charge in [-0.3, -0.25) is 14.5 Å². The van der Waals surface area contributed by atoms with Gasteiger partial charge >= 0.3 is 0 Å². The number of piperazine rings is 1. The van der Waals surface area contributed by atoms with Crippen molar-refractivity contribution in [3.8, 4) is 17.1 Å². The van der Waals surface area contributed by atoms with Gasteiger partial charge in [0.05, 0.1) is 30.6 Å². The second-order valence-corrected chi connectivity index (χ2v) is 10.5. The van der Waals surface area contributed by atoms with Gasteiger partial charge in [-0.15, -0.1) is 0 Å². The van der Waals surface area contributed by atoms with Gasteiger partial charge in [-0.05, 0) is 36.8 Å². The van der Waals surface area contributed by atoms with Gasteiger partial charge in [0.1, 0.15) is 17.1 Å². The minimum Gasteiger partial charge on any atom is -0.481 e. The number of aromatic nitrogens is 3. The lowest BCUT2D eigenvalue weighted by molar-refractivity contribution is -0.127. The summed E-state index contributed by atoms with van der Waals surface area (Å²) in [5.74, 6) is 0.469. The minimum atomic E-state index is -0.215. The summed E-state index contributed by atoms with van der Waals surface area (Å²) in [5, 5.41) is 0.679. The Hall–Kier alpha value is -3.75. The number of nitrogens with zero attached hydrogens (tertiary/aromatic N) is 5. The van der Waals surface area contributed by atoms with Crippen LogP contribution in [0, 0.1) is 6.92 Å². The summed E-state index contributed by atoms with van der Waals surface area (Å²) in [6.45, 7) is 3.71. The molecule has 0 radical (unpaired) electrons. The van der Waals surface area contributed by atoms with Crippen molar-refractivity contribution in [1.82, 2.24) is 24.2 Å². The Kier molecular flexibility index (Phi) is 6.37. The molecule has 0 N–H and O–H groups in total. The van der Waals surface area contributed by atoms with E-state index in [9.17, 15) is 9.59 Å². The second kappa shape index (κ2) is 9.85. The van der Waals surface area contributed by atoms with E-state index in [0.29, 0.717) is 49.1 Å². The zero-order valence-corrected chi connectivity index (χ0v) is 22.1. The normalized spacial score (nSPS) is 19.7. The molecule has 6 rings (SSSR count). The van der Waals surface area contributed by atoms with E-state index < -0.39 is 0 Å². The molecule has 2 unspecified atom stereocenters. The lowest BCUT2D eigenvalue weighted by atomic mass is 9.89. The summed E-state index contributed by atoms with van der Waals surface area (Å²) >= 11 is 6.14. The average molecular weight is 530 g/mol. The highest BCUT2D eigenvalue weighted by Crippen LogP contribution is 2.32. The Morgan fingerprint density at radius 3 is 2.47 bits per heavy atom. The van der Waals surface area contributed by atoms with Gasteiger partial charge in [0.15, 0.2) is 0 Å². The van der Waals surface area contributed by atoms with E-state index in [2.05, 4.69) is 14.3 Å². The highest BCUT2D eigenvalue weighted by atomic mass is 35.5. The number of likely N-dealkylation sites (tertiary alicyclic amines) is 1. The van der Waals surface area contributed by atoms with Gasteiger partial charge in [-0.1, -0.05) is 35.9 Å². The highest BCUT2D eigenvalue weighted by molar-refractivity contribution is 6.30. The van der Waals surface area contributed by atoms with Crippen molar-refractivity contribution in [2.24, 2.45) is 0 Å². The van der Waals surface area contributed by atoms with Crippen molar-refractivity contribution in [3.05, 3.63) is 82.8 Å². The summed E-state index contributed by atoms with van der Waals surface area (Å²) in [7, 11) is 1.54. The van der Waals surface area contributed by atoms with E-state index in [0.717, 1.165) is 28.2 Å². The smallest absolute Gasteiger partial charge is 0.273 e. The Labute approximate surface area is 225 Å². The largest absolute Gasteiger partial charge is 0.481 e. The molecular weight excluding hydrogens is 502 g/mol. The summed E-state index contributed by atoms with van der Waals surface area (Å²) in [4.78, 5) is 39.9. The van der Waals surface area contributed by atoms with E-state index in [1.54, 1.807) is 6.07 Å². The van der Waals surface area contributed by atoms with Gasteiger partial charge in [0.2, 0.25) is 5.88 Å². The topological polar surface area (TPSA) is 80.0 Å². The zero-order chi connectivity index (χ0) is 26.4. The van der Waals surface area contributed by atoms with Crippen LogP contribution in [0.15, 0.2) is 60.8 Å². The number of hydrogen-bond donors (Lipinski definition) is 0. The highest BCUT2D eigenvalue weighted by Gasteiger charge is 2.44. The Bertz CT molecular complexity index is 1520. The molecule has 0 spiro atoms. The maximum absolute atomic E-state index is 13.7. The molecule has 2 aliphatic rings. The van der Waals surface area contributed by atoms with Crippen LogP contribution in [-0.2, 0) is 11.3 Å². The standard InChI is InChI=1S/C29H28ClN5O3/c1-18-6-11-26(38-2)32-27(18)29(37)35-21-13-23(36)14-22(35)16-33(15-21)17-24-28(19-7-9-20(30)10-8-19)31-25-5-3-4-12-34(24)25/h3-12,21-22H,13-17H2,1-2H3. The SMILES string of the molecule is COc1ccc(C)c(C(=O)N2C3CC(=O)CC2CN(Cc2c(-c4ccc(Cl)cc4)nc4ccccn24)C3)n1. The molecule has 5 heterocycles. The molecule has 194 valence electrons. The first kappa shape index (κ1) is 24.6. The molecule has 3 aromatic heterocycles. The Balaban J connectivity index is 1.31. The van der Waals surface area contributed by atoms with Crippen molar-refractivity contribution in [3.63, 3.8) is 0 Å². The predicted octanol–water partition coefficient (Wildman–Crippen LogP) is 4.42. The van der Waals surface area contributed by atoms with Gasteiger partial charge in [0.25, 0.3) is 5.91 Å². The number of carbonyl (C=O) groups is 2. The molecule has 9 heteroatoms. The quantitative estimate of drug-likeness (QED) is 0.380. The lowest BCUT2D eigenvalue weighted by Crippen LogP contribution is -2.64. The average Bonchev–Trinajstić information content (AvgIpc) is 3.26. The van der Waals surface area contributed by atoms with Crippen LogP contribution in [0.5, 0.6) is 5.88 Å². The number of carbonyl (C=O) groups excluding carboxylic acids is 2. The van der Waals surface area contributed by atoms with E-state index in [1.807, 2.05) is 66.6 Å². The number of halogens is 1. The molecule has 1 aromatic carbocycles. The van der Waals surface area contributed by atoms with Crippen LogP contribution in [0.25, 0.3) is 16.9 Å². The summed E-state index contributed by atoms with van der Waals surface area (Å²) in [6.07, 6.45) is 2.72. The van der Waals surface area contributed by atoms with Crippen LogP contribution >= 0.6 is 11.6 Å². The number of ketones is 1. The van der Waals surface area contributed by atoms with Crippen molar-refractivity contribution in [2.45, 2.75) is 38.4 Å². The minimum absolute atomic E-state index is 0.139. The van der Waals surface area contributed by atoms with E-state index in [1.165, 1.54) is 7.11 Å². The Morgan fingerprint density at radius 2 is 1.76 bits per heavy atom. The number of Topliss-reactive ketones (excluding diaryl/α,β-unsaturated/α-hetero) is 1. The van der Waals surface area contributed by atoms with Crippen molar-refractivity contribution in [2.75, 3.05) is 20.2 Å². The fourth-order valence-electron chi connectivity index (χ4n) is 5.75. The number of benzene rings is 1. The molecule has 38 heavy (non-hydrogen) atoms. The van der Waals surface area contributed by atoms with Crippen molar-refractivity contribution < 1.29 is 14.3 Å². The molecule has 2 atom stereocenters. The summed E-state index contributed by atoms with van der Waals surface area (Å²) in [6, 6.07) is 16.9. The van der Waals surface area contributed by atoms with Gasteiger partial charge < -0.3 is 14.0 Å². The predicted molar refractivity (Wildman–Crippen MR) is 144 cm³/mol. The number of rotatable bonds is 5. The van der Waals surface area contributed by atoms with Crippen LogP contribution in [0.2, 0.25) is 5.02 Å². The zero-order valence-electron chi connectivity index (χ0n) is 21.3. The number of fused-ring (bicyclic) bond motifs is 3. The van der Waals surface area contributed by atoms with Crippen LogP contribution in [0.1, 0.15) is 34.6 Å². The Morgan fingerprint density at radius 1 is 1.03 bits per heavy atom. The molecule has 2 saturated heterocycles. The van der Waals surface area contributed by atoms with E-state index in [-0.39, 0.29) is 23.8 Å². The third-order valence-corrected chi connectivity index (χ3v) is 7.74. The molecule has 2 aliphatic heterocycles. The summed E-state index contributed by atoms with van der Waals surface area (Å²) < 4.78 is 7.38. The van der Waals surface area contributed by atoms with E-state index >= 15 is 0 Å².